The Morgan fingerprint density at radius 3 is 2.07 bits per heavy atom. The molecule has 8 nitrogen and oxygen atoms in total. The fourth-order valence-electron chi connectivity index (χ4n) is 4.21. The predicted molar refractivity (Wildman–Crippen MR) is 168 cm³/mol. The van der Waals surface area contributed by atoms with Gasteiger partial charge < -0.3 is 15.0 Å². The van der Waals surface area contributed by atoms with Gasteiger partial charge in [0.1, 0.15) is 18.3 Å². The van der Waals surface area contributed by atoms with E-state index in [0.29, 0.717) is 32.8 Å². The van der Waals surface area contributed by atoms with E-state index in [2.05, 4.69) is 5.32 Å². The van der Waals surface area contributed by atoms with Gasteiger partial charge in [0, 0.05) is 27.7 Å². The van der Waals surface area contributed by atoms with Crippen LogP contribution in [0.3, 0.4) is 0 Å². The Bertz CT molecular complexity index is 1490. The minimum atomic E-state index is -4.24. The molecule has 0 aliphatic carbocycles. The van der Waals surface area contributed by atoms with Crippen molar-refractivity contribution in [3.8, 4) is 5.75 Å². The summed E-state index contributed by atoms with van der Waals surface area (Å²) >= 11 is 18.6. The lowest BCUT2D eigenvalue weighted by atomic mass is 10.1. The lowest BCUT2D eigenvalue weighted by Gasteiger charge is -2.34. The molecule has 0 fully saturated rings. The molecule has 12 heteroatoms. The van der Waals surface area contributed by atoms with E-state index in [-0.39, 0.29) is 35.5 Å². The predicted octanol–water partition coefficient (Wildman–Crippen LogP) is 6.57. The first-order chi connectivity index (χ1) is 19.9. The minimum absolute atomic E-state index is 0.0418. The van der Waals surface area contributed by atoms with Crippen LogP contribution < -0.4 is 14.4 Å². The van der Waals surface area contributed by atoms with Crippen LogP contribution in [0.4, 0.5) is 5.69 Å². The van der Waals surface area contributed by atoms with E-state index in [0.717, 1.165) is 4.31 Å². The van der Waals surface area contributed by atoms with Gasteiger partial charge in [-0.05, 0) is 86.0 Å². The van der Waals surface area contributed by atoms with Crippen molar-refractivity contribution in [3.63, 3.8) is 0 Å². The summed E-state index contributed by atoms with van der Waals surface area (Å²) in [5, 5.41) is 4.08. The Balaban J connectivity index is 2.08. The molecular formula is C30H34Cl3N3O5S. The molecule has 0 aliphatic heterocycles. The van der Waals surface area contributed by atoms with Crippen molar-refractivity contribution in [2.45, 2.75) is 57.1 Å². The number of nitrogens with zero attached hydrogens (tertiary/aromatic N) is 2. The van der Waals surface area contributed by atoms with E-state index < -0.39 is 28.5 Å². The fourth-order valence-corrected chi connectivity index (χ4v) is 6.21. The number of ether oxygens (including phenoxy) is 1. The van der Waals surface area contributed by atoms with Crippen molar-refractivity contribution in [2.75, 3.05) is 18.0 Å². The number of sulfonamides is 1. The molecule has 0 heterocycles. The topological polar surface area (TPSA) is 96.0 Å². The average Bonchev–Trinajstić information content (AvgIpc) is 2.97. The van der Waals surface area contributed by atoms with Gasteiger partial charge in [-0.3, -0.25) is 13.9 Å². The van der Waals surface area contributed by atoms with Crippen LogP contribution in [-0.4, -0.2) is 50.9 Å². The highest BCUT2D eigenvalue weighted by Crippen LogP contribution is 2.28. The molecule has 0 saturated carbocycles. The van der Waals surface area contributed by atoms with E-state index in [1.165, 1.54) is 60.5 Å². The monoisotopic (exact) mass is 653 g/mol. The molecule has 2 atom stereocenters. The van der Waals surface area contributed by atoms with Crippen LogP contribution in [0.25, 0.3) is 0 Å². The molecule has 0 radical (unpaired) electrons. The lowest BCUT2D eigenvalue weighted by Crippen LogP contribution is -2.53. The van der Waals surface area contributed by atoms with Crippen LogP contribution in [0.2, 0.25) is 15.1 Å². The molecule has 0 saturated heterocycles. The number of hydrogen-bond donors (Lipinski definition) is 1. The summed E-state index contributed by atoms with van der Waals surface area (Å²) < 4.78 is 34.1. The number of nitrogens with one attached hydrogen (secondary N) is 1. The van der Waals surface area contributed by atoms with Gasteiger partial charge in [0.15, 0.2) is 0 Å². The van der Waals surface area contributed by atoms with E-state index in [1.54, 1.807) is 25.1 Å². The summed E-state index contributed by atoms with van der Waals surface area (Å²) in [5.41, 5.74) is 0.783. The largest absolute Gasteiger partial charge is 0.497 e. The second-order valence-electron chi connectivity index (χ2n) is 9.66. The summed E-state index contributed by atoms with van der Waals surface area (Å²) in [6, 6.07) is 15.8. The van der Waals surface area contributed by atoms with E-state index >= 15 is 0 Å². The van der Waals surface area contributed by atoms with Crippen molar-refractivity contribution in [1.29, 1.82) is 0 Å². The molecule has 1 N–H and O–H groups in total. The number of anilines is 1. The second-order valence-corrected chi connectivity index (χ2v) is 12.8. The standard InChI is InChI=1S/C30H34Cl3N3O5S/c1-5-20(3)34-30(38)28(6-2)35(18-21-7-8-23(32)17-27(21)33)29(37)19-36(24-11-9-22(31)10-12-24)42(39,40)26-15-13-25(41-4)14-16-26/h7-17,20,28H,5-6,18-19H2,1-4H3,(H,34,38)/t20-,28+/m0/s1. The SMILES string of the molecule is CC[C@H](C(=O)N[C@@H](C)CC)N(Cc1ccc(Cl)cc1Cl)C(=O)CN(c1ccc(Cl)cc1)S(=O)(=O)c1ccc(OC)cc1. The highest BCUT2D eigenvalue weighted by molar-refractivity contribution is 7.92. The maximum absolute atomic E-state index is 14.1. The van der Waals surface area contributed by atoms with Crippen LogP contribution in [0.5, 0.6) is 5.75 Å². The third kappa shape index (κ3) is 8.31. The summed E-state index contributed by atoms with van der Waals surface area (Å²) in [7, 11) is -2.76. The van der Waals surface area contributed by atoms with Gasteiger partial charge in [-0.2, -0.15) is 0 Å². The molecule has 0 aliphatic rings. The van der Waals surface area contributed by atoms with Gasteiger partial charge >= 0.3 is 0 Å². The third-order valence-corrected chi connectivity index (χ3v) is 9.41. The van der Waals surface area contributed by atoms with Crippen molar-refractivity contribution in [1.82, 2.24) is 10.2 Å². The highest BCUT2D eigenvalue weighted by Gasteiger charge is 2.34. The Morgan fingerprint density at radius 1 is 0.905 bits per heavy atom. The number of carbonyl (C=O) groups excluding carboxylic acids is 2. The molecule has 3 aromatic carbocycles. The smallest absolute Gasteiger partial charge is 0.264 e. The molecule has 0 bridgehead atoms. The summed E-state index contributed by atoms with van der Waals surface area (Å²) in [6.07, 6.45) is 0.981. The minimum Gasteiger partial charge on any atom is -0.497 e. The average molecular weight is 655 g/mol. The zero-order valence-electron chi connectivity index (χ0n) is 23.8. The second kappa shape index (κ2) is 15.0. The molecule has 3 aromatic rings. The zero-order valence-corrected chi connectivity index (χ0v) is 26.9. The van der Waals surface area contributed by atoms with Crippen molar-refractivity contribution in [3.05, 3.63) is 87.4 Å². The Kier molecular flexibility index (Phi) is 11.9. The molecule has 226 valence electrons. The quantitative estimate of drug-likeness (QED) is 0.225. The van der Waals surface area contributed by atoms with Gasteiger partial charge in [0.2, 0.25) is 11.8 Å². The highest BCUT2D eigenvalue weighted by atomic mass is 35.5. The van der Waals surface area contributed by atoms with E-state index in [4.69, 9.17) is 39.5 Å². The fraction of sp³-hybridized carbons (Fsp3) is 0.333. The van der Waals surface area contributed by atoms with Gasteiger partial charge in [-0.1, -0.05) is 54.7 Å². The first kappa shape index (κ1) is 33.5. The van der Waals surface area contributed by atoms with E-state index in [1.807, 2.05) is 13.8 Å². The maximum Gasteiger partial charge on any atom is 0.264 e. The first-order valence-electron chi connectivity index (χ1n) is 13.4. The number of halogens is 3. The van der Waals surface area contributed by atoms with Gasteiger partial charge in [0.25, 0.3) is 10.0 Å². The number of methoxy groups -OCH3 is 1. The molecule has 2 amide bonds. The van der Waals surface area contributed by atoms with Crippen LogP contribution in [-0.2, 0) is 26.2 Å². The number of amides is 2. The van der Waals surface area contributed by atoms with Gasteiger partial charge in [0.05, 0.1) is 17.7 Å². The Hall–Kier alpha value is -2.98. The summed E-state index contributed by atoms with van der Waals surface area (Å²) in [6.45, 7) is 4.97. The number of hydrogen-bond acceptors (Lipinski definition) is 5. The third-order valence-electron chi connectivity index (χ3n) is 6.78. The van der Waals surface area contributed by atoms with Gasteiger partial charge in [-0.15, -0.1) is 0 Å². The van der Waals surface area contributed by atoms with Crippen molar-refractivity contribution >= 4 is 62.3 Å². The van der Waals surface area contributed by atoms with Crippen molar-refractivity contribution in [2.24, 2.45) is 0 Å². The Morgan fingerprint density at radius 2 is 1.52 bits per heavy atom. The van der Waals surface area contributed by atoms with E-state index in [9.17, 15) is 18.0 Å². The van der Waals surface area contributed by atoms with Crippen LogP contribution in [0, 0.1) is 0 Å². The molecule has 0 unspecified atom stereocenters. The molecule has 42 heavy (non-hydrogen) atoms. The van der Waals surface area contributed by atoms with Crippen molar-refractivity contribution < 1.29 is 22.7 Å². The van der Waals surface area contributed by atoms with Crippen LogP contribution in [0.15, 0.2) is 71.6 Å². The molecule has 0 aromatic heterocycles. The summed E-state index contributed by atoms with van der Waals surface area (Å²) in [5.74, 6) is -0.465. The normalized spacial score (nSPS) is 12.7. The molecule has 0 spiro atoms. The van der Waals surface area contributed by atoms with Crippen LogP contribution >= 0.6 is 34.8 Å². The first-order valence-corrected chi connectivity index (χ1v) is 15.9. The molecular weight excluding hydrogens is 621 g/mol. The Labute approximate surface area is 262 Å². The number of carbonyl (C=O) groups is 2. The lowest BCUT2D eigenvalue weighted by molar-refractivity contribution is -0.140. The maximum atomic E-state index is 14.1. The zero-order chi connectivity index (χ0) is 31.0. The number of benzene rings is 3. The molecule has 3 rings (SSSR count). The number of rotatable bonds is 13. The van der Waals surface area contributed by atoms with Crippen LogP contribution in [0.1, 0.15) is 39.2 Å². The summed E-state index contributed by atoms with van der Waals surface area (Å²) in [4.78, 5) is 28.8. The van der Waals surface area contributed by atoms with Gasteiger partial charge in [-0.25, -0.2) is 8.42 Å².